The predicted octanol–water partition coefficient (Wildman–Crippen LogP) is 3.27. The molecular weight excluding hydrogens is 440 g/mol. The highest BCUT2D eigenvalue weighted by Crippen LogP contribution is 2.22. The van der Waals surface area contributed by atoms with E-state index in [9.17, 15) is 4.79 Å². The molecule has 2 unspecified atom stereocenters. The third kappa shape index (κ3) is 7.84. The molecule has 3 rings (SSSR count). The van der Waals surface area contributed by atoms with Crippen molar-refractivity contribution >= 4 is 23.5 Å². The topological polar surface area (TPSA) is 111 Å². The van der Waals surface area contributed by atoms with Crippen molar-refractivity contribution in [2.45, 2.75) is 45.0 Å². The molecule has 9 heteroatoms. The van der Waals surface area contributed by atoms with Gasteiger partial charge in [0.15, 0.2) is 0 Å². The summed E-state index contributed by atoms with van der Waals surface area (Å²) >= 11 is 5.99. The Labute approximate surface area is 199 Å². The number of hydrogen-bond donors (Lipinski definition) is 4. The van der Waals surface area contributed by atoms with Gasteiger partial charge in [-0.2, -0.15) is 10.3 Å². The maximum Gasteiger partial charge on any atom is 0.280 e. The fraction of sp³-hybridized carbons (Fsp3) is 0.375. The zero-order valence-electron chi connectivity index (χ0n) is 18.8. The lowest BCUT2D eigenvalue weighted by atomic mass is 10.0. The minimum absolute atomic E-state index is 0.0865. The highest BCUT2D eigenvalue weighted by Gasteiger charge is 2.26. The number of ether oxygens (including phenoxy) is 1. The molecule has 0 spiro atoms. The van der Waals surface area contributed by atoms with Crippen LogP contribution in [0.1, 0.15) is 54.2 Å². The van der Waals surface area contributed by atoms with Crippen LogP contribution in [0.25, 0.3) is 0 Å². The van der Waals surface area contributed by atoms with Crippen LogP contribution in [0.5, 0.6) is 0 Å². The first-order valence-corrected chi connectivity index (χ1v) is 11.3. The molecule has 0 radical (unpaired) electrons. The molecule has 1 aliphatic rings. The number of carbonyl (C=O) groups excluding carboxylic acids is 1. The van der Waals surface area contributed by atoms with Crippen molar-refractivity contribution in [3.05, 3.63) is 70.2 Å². The average Bonchev–Trinajstić information content (AvgIpc) is 3.27. The van der Waals surface area contributed by atoms with Gasteiger partial charge in [-0.05, 0) is 56.2 Å². The quantitative estimate of drug-likeness (QED) is 0.267. The van der Waals surface area contributed by atoms with Gasteiger partial charge in [0.25, 0.3) is 5.91 Å². The maximum atomic E-state index is 12.7. The molecule has 1 amide bonds. The fourth-order valence-electron chi connectivity index (χ4n) is 3.34. The van der Waals surface area contributed by atoms with Crippen LogP contribution in [0.3, 0.4) is 0 Å². The molecule has 174 valence electrons. The van der Waals surface area contributed by atoms with E-state index in [0.29, 0.717) is 35.3 Å². The first kappa shape index (κ1) is 24.7. The molecule has 1 aliphatic heterocycles. The van der Waals surface area contributed by atoms with Crippen molar-refractivity contribution in [3.8, 4) is 6.07 Å². The van der Waals surface area contributed by atoms with Crippen molar-refractivity contribution in [1.29, 1.82) is 5.26 Å². The van der Waals surface area contributed by atoms with Gasteiger partial charge >= 0.3 is 0 Å². The highest BCUT2D eigenvalue weighted by atomic mass is 35.5. The first-order valence-electron chi connectivity index (χ1n) is 11.0. The Hall–Kier alpha value is -2.96. The van der Waals surface area contributed by atoms with Gasteiger partial charge in [0.2, 0.25) is 5.96 Å². The Bertz CT molecular complexity index is 1000. The molecule has 4 N–H and O–H groups in total. The van der Waals surface area contributed by atoms with E-state index in [1.807, 2.05) is 44.2 Å². The zero-order valence-corrected chi connectivity index (χ0v) is 19.5. The molecular formula is C24H29ClN6O2. The third-order valence-corrected chi connectivity index (χ3v) is 5.26. The predicted molar refractivity (Wildman–Crippen MR) is 129 cm³/mol. The molecule has 0 bridgehead atoms. The lowest BCUT2D eigenvalue weighted by Gasteiger charge is -2.17. The number of nitrogens with zero attached hydrogens (tertiary/aromatic N) is 2. The molecule has 1 heterocycles. The summed E-state index contributed by atoms with van der Waals surface area (Å²) in [4.78, 5) is 17.0. The van der Waals surface area contributed by atoms with Crippen molar-refractivity contribution in [1.82, 2.24) is 21.5 Å². The summed E-state index contributed by atoms with van der Waals surface area (Å²) in [5.41, 5.74) is 8.34. The summed E-state index contributed by atoms with van der Waals surface area (Å²) in [5, 5.41) is 16.3. The van der Waals surface area contributed by atoms with E-state index < -0.39 is 5.91 Å². The molecule has 2 atom stereocenters. The molecule has 0 aromatic heterocycles. The summed E-state index contributed by atoms with van der Waals surface area (Å²) < 4.78 is 5.57. The monoisotopic (exact) mass is 468 g/mol. The average molecular weight is 469 g/mol. The second-order valence-corrected chi connectivity index (χ2v) is 8.42. The third-order valence-electron chi connectivity index (χ3n) is 5.00. The Morgan fingerprint density at radius 3 is 2.79 bits per heavy atom. The first-order chi connectivity index (χ1) is 15.9. The number of carbonyl (C=O) groups is 1. The van der Waals surface area contributed by atoms with E-state index in [1.54, 1.807) is 18.2 Å². The Balaban J connectivity index is 1.66. The van der Waals surface area contributed by atoms with E-state index in [-0.39, 0.29) is 18.3 Å². The van der Waals surface area contributed by atoms with E-state index in [1.165, 1.54) is 6.07 Å². The maximum absolute atomic E-state index is 12.7. The van der Waals surface area contributed by atoms with E-state index >= 15 is 0 Å². The molecule has 8 nitrogen and oxygen atoms in total. The van der Waals surface area contributed by atoms with Crippen LogP contribution in [0.2, 0.25) is 5.02 Å². The number of amides is 1. The van der Waals surface area contributed by atoms with E-state index in [4.69, 9.17) is 21.6 Å². The summed E-state index contributed by atoms with van der Waals surface area (Å²) in [5.74, 6) is -0.0660. The van der Waals surface area contributed by atoms with Gasteiger partial charge in [0, 0.05) is 36.2 Å². The second-order valence-electron chi connectivity index (χ2n) is 7.98. The SMILES string of the molecule is CC(C)OCCCN/C(=N/C(=O)c1cccc(C#N)c1)NC1CC(c2ccc(Cl)cc2)NN1. The Kier molecular flexibility index (Phi) is 9.22. The van der Waals surface area contributed by atoms with Gasteiger partial charge in [0.05, 0.1) is 23.9 Å². The van der Waals surface area contributed by atoms with Crippen LogP contribution in [0.15, 0.2) is 53.5 Å². The molecule has 0 saturated carbocycles. The largest absolute Gasteiger partial charge is 0.379 e. The van der Waals surface area contributed by atoms with Crippen LogP contribution in [-0.4, -0.2) is 37.3 Å². The number of nitrogens with one attached hydrogen (secondary N) is 4. The number of halogens is 1. The number of nitriles is 1. The van der Waals surface area contributed by atoms with Gasteiger partial charge < -0.3 is 15.4 Å². The van der Waals surface area contributed by atoms with Crippen LogP contribution in [0.4, 0.5) is 0 Å². The normalized spacial score (nSPS) is 18.2. The molecule has 0 aliphatic carbocycles. The molecule has 2 aromatic rings. The molecule has 33 heavy (non-hydrogen) atoms. The number of aliphatic imine (C=N–C) groups is 1. The van der Waals surface area contributed by atoms with Crippen molar-refractivity contribution < 1.29 is 9.53 Å². The van der Waals surface area contributed by atoms with Crippen LogP contribution >= 0.6 is 11.6 Å². The van der Waals surface area contributed by atoms with Crippen LogP contribution < -0.4 is 21.5 Å². The Morgan fingerprint density at radius 1 is 1.27 bits per heavy atom. The lowest BCUT2D eigenvalue weighted by Crippen LogP contribution is -2.49. The standard InChI is InChI=1S/C24H29ClN6O2/c1-16(2)33-12-4-11-27-24(29-23(32)19-6-3-5-17(13-19)15-26)28-22-14-21(30-31-22)18-7-9-20(25)10-8-18/h3,5-10,13,16,21-22,30-31H,4,11-12,14H2,1-2H3,(H2,27,28,29,32). The zero-order chi connectivity index (χ0) is 23.6. The lowest BCUT2D eigenvalue weighted by molar-refractivity contribution is 0.0776. The number of hydrazine groups is 1. The number of rotatable bonds is 8. The summed E-state index contributed by atoms with van der Waals surface area (Å²) in [6.45, 7) is 5.18. The second kappa shape index (κ2) is 12.3. The Morgan fingerprint density at radius 2 is 2.06 bits per heavy atom. The molecule has 1 fully saturated rings. The van der Waals surface area contributed by atoms with E-state index in [2.05, 4.69) is 26.5 Å². The van der Waals surface area contributed by atoms with E-state index in [0.717, 1.165) is 18.4 Å². The number of hydrogen-bond acceptors (Lipinski definition) is 5. The number of benzene rings is 2. The van der Waals surface area contributed by atoms with Gasteiger partial charge in [-0.15, -0.1) is 0 Å². The van der Waals surface area contributed by atoms with Crippen molar-refractivity contribution in [2.24, 2.45) is 4.99 Å². The minimum Gasteiger partial charge on any atom is -0.379 e. The van der Waals surface area contributed by atoms with Gasteiger partial charge in [-0.1, -0.05) is 29.8 Å². The van der Waals surface area contributed by atoms with Crippen LogP contribution in [-0.2, 0) is 4.74 Å². The summed E-state index contributed by atoms with van der Waals surface area (Å²) in [7, 11) is 0. The highest BCUT2D eigenvalue weighted by molar-refractivity contribution is 6.30. The molecule has 1 saturated heterocycles. The summed E-state index contributed by atoms with van der Waals surface area (Å²) in [6, 6.07) is 16.3. The van der Waals surface area contributed by atoms with Gasteiger partial charge in [-0.3, -0.25) is 4.79 Å². The van der Waals surface area contributed by atoms with Gasteiger partial charge in [-0.25, -0.2) is 10.9 Å². The van der Waals surface area contributed by atoms with Crippen molar-refractivity contribution in [3.63, 3.8) is 0 Å². The van der Waals surface area contributed by atoms with Crippen molar-refractivity contribution in [2.75, 3.05) is 13.2 Å². The summed E-state index contributed by atoms with van der Waals surface area (Å²) in [6.07, 6.45) is 1.52. The van der Waals surface area contributed by atoms with Gasteiger partial charge in [0.1, 0.15) is 0 Å². The molecule has 2 aromatic carbocycles. The number of guanidine groups is 1. The van der Waals surface area contributed by atoms with Crippen LogP contribution in [0, 0.1) is 11.3 Å². The minimum atomic E-state index is -0.430. The smallest absolute Gasteiger partial charge is 0.280 e. The fourth-order valence-corrected chi connectivity index (χ4v) is 3.46.